The number of hydrogen-bond donors (Lipinski definition) is 1. The van der Waals surface area contributed by atoms with Crippen LogP contribution in [0.25, 0.3) is 5.65 Å². The van der Waals surface area contributed by atoms with E-state index in [9.17, 15) is 5.26 Å². The molecule has 2 heterocycles. The van der Waals surface area contributed by atoms with Crippen molar-refractivity contribution in [2.45, 2.75) is 36.4 Å². The maximum atomic E-state index is 9.47. The van der Waals surface area contributed by atoms with Crippen LogP contribution in [-0.4, -0.2) is 32.9 Å². The largest absolute Gasteiger partial charge is 0.302 e. The first kappa shape index (κ1) is 14.4. The van der Waals surface area contributed by atoms with E-state index in [1.807, 2.05) is 35.8 Å². The van der Waals surface area contributed by atoms with Gasteiger partial charge in [-0.15, -0.1) is 10.2 Å². The van der Waals surface area contributed by atoms with Crippen LogP contribution in [0.1, 0.15) is 25.7 Å². The molecule has 0 aromatic carbocycles. The van der Waals surface area contributed by atoms with Gasteiger partial charge in [0.1, 0.15) is 5.54 Å². The Labute approximate surface area is 128 Å². The second kappa shape index (κ2) is 6.04. The molecule has 3 rings (SSSR count). The molecule has 2 aromatic rings. The van der Waals surface area contributed by atoms with Gasteiger partial charge in [-0.1, -0.05) is 24.2 Å². The zero-order valence-electron chi connectivity index (χ0n) is 12.1. The number of hydrogen-bond acceptors (Lipinski definition) is 5. The third kappa shape index (κ3) is 2.63. The molecule has 110 valence electrons. The minimum absolute atomic E-state index is 0.326. The Bertz CT molecular complexity index is 661. The Kier molecular flexibility index (Phi) is 4.13. The summed E-state index contributed by atoms with van der Waals surface area (Å²) in [6, 6.07) is 8.40. The molecule has 6 heteroatoms. The van der Waals surface area contributed by atoms with Crippen molar-refractivity contribution in [1.29, 1.82) is 5.26 Å². The van der Waals surface area contributed by atoms with Gasteiger partial charge in [0.15, 0.2) is 10.8 Å². The van der Waals surface area contributed by atoms with E-state index in [-0.39, 0.29) is 5.54 Å². The van der Waals surface area contributed by atoms with Crippen molar-refractivity contribution < 1.29 is 0 Å². The fraction of sp³-hybridized carbons (Fsp3) is 0.533. The number of nitrogens with zero attached hydrogens (tertiary/aromatic N) is 4. The molecule has 0 bridgehead atoms. The van der Waals surface area contributed by atoms with Crippen LogP contribution < -0.4 is 5.32 Å². The zero-order chi connectivity index (χ0) is 14.7. The van der Waals surface area contributed by atoms with Gasteiger partial charge in [0, 0.05) is 11.9 Å². The fourth-order valence-electron chi connectivity index (χ4n) is 3.21. The molecule has 1 aliphatic carbocycles. The van der Waals surface area contributed by atoms with E-state index in [4.69, 9.17) is 0 Å². The van der Waals surface area contributed by atoms with Crippen molar-refractivity contribution in [3.63, 3.8) is 0 Å². The lowest BCUT2D eigenvalue weighted by Crippen LogP contribution is -2.44. The lowest BCUT2D eigenvalue weighted by atomic mass is 9.87. The molecule has 1 saturated carbocycles. The zero-order valence-corrected chi connectivity index (χ0v) is 12.9. The maximum absolute atomic E-state index is 9.47. The highest BCUT2D eigenvalue weighted by Crippen LogP contribution is 2.38. The van der Waals surface area contributed by atoms with Crippen molar-refractivity contribution in [2.75, 3.05) is 12.8 Å². The van der Waals surface area contributed by atoms with Gasteiger partial charge in [-0.05, 0) is 44.4 Å². The molecule has 0 amide bonds. The summed E-state index contributed by atoms with van der Waals surface area (Å²) in [5, 5.41) is 22.0. The van der Waals surface area contributed by atoms with Gasteiger partial charge < -0.3 is 5.32 Å². The molecule has 2 unspecified atom stereocenters. The van der Waals surface area contributed by atoms with Crippen LogP contribution in [0.4, 0.5) is 0 Å². The minimum atomic E-state index is -0.326. The molecule has 2 aromatic heterocycles. The lowest BCUT2D eigenvalue weighted by molar-refractivity contribution is 0.332. The Hall–Kier alpha value is -1.58. The highest BCUT2D eigenvalue weighted by atomic mass is 32.2. The summed E-state index contributed by atoms with van der Waals surface area (Å²) in [6.07, 6.45) is 6.25. The SMILES string of the molecule is CNC1(C#N)CCCC1CCSc1nnc2ccccn12. The number of fused-ring (bicyclic) bond motifs is 1. The van der Waals surface area contributed by atoms with Gasteiger partial charge in [-0.2, -0.15) is 5.26 Å². The molecule has 2 atom stereocenters. The summed E-state index contributed by atoms with van der Waals surface area (Å²) in [7, 11) is 1.90. The quantitative estimate of drug-likeness (QED) is 0.860. The summed E-state index contributed by atoms with van der Waals surface area (Å²) in [5.74, 6) is 1.39. The van der Waals surface area contributed by atoms with Crippen LogP contribution in [-0.2, 0) is 0 Å². The van der Waals surface area contributed by atoms with Gasteiger partial charge >= 0.3 is 0 Å². The number of rotatable bonds is 5. The first-order valence-electron chi connectivity index (χ1n) is 7.32. The second-order valence-electron chi connectivity index (χ2n) is 5.47. The first-order chi connectivity index (χ1) is 10.3. The predicted molar refractivity (Wildman–Crippen MR) is 83.1 cm³/mol. The summed E-state index contributed by atoms with van der Waals surface area (Å²) in [6.45, 7) is 0. The monoisotopic (exact) mass is 301 g/mol. The van der Waals surface area contributed by atoms with E-state index >= 15 is 0 Å². The van der Waals surface area contributed by atoms with Crippen molar-refractivity contribution in [3.05, 3.63) is 24.4 Å². The van der Waals surface area contributed by atoms with Crippen LogP contribution >= 0.6 is 11.8 Å². The standard InChI is InChI=1S/C15H19N5S/c1-17-15(11-16)8-4-5-12(15)7-10-21-14-19-18-13-6-2-3-9-20(13)14/h2-3,6,9,12,17H,4-5,7-8,10H2,1H3. The molecule has 0 radical (unpaired) electrons. The molecule has 1 fully saturated rings. The molecule has 0 saturated heterocycles. The van der Waals surface area contributed by atoms with Crippen LogP contribution in [0.5, 0.6) is 0 Å². The van der Waals surface area contributed by atoms with Gasteiger partial charge in [-0.25, -0.2) is 0 Å². The maximum Gasteiger partial charge on any atom is 0.195 e. The van der Waals surface area contributed by atoms with Crippen LogP contribution in [0.15, 0.2) is 29.6 Å². The Balaban J connectivity index is 1.63. The summed E-state index contributed by atoms with van der Waals surface area (Å²) < 4.78 is 2.01. The van der Waals surface area contributed by atoms with Crippen molar-refractivity contribution in [2.24, 2.45) is 5.92 Å². The van der Waals surface area contributed by atoms with E-state index in [2.05, 4.69) is 21.6 Å². The third-order valence-electron chi connectivity index (χ3n) is 4.45. The van der Waals surface area contributed by atoms with E-state index in [1.165, 1.54) is 0 Å². The van der Waals surface area contributed by atoms with Gasteiger partial charge in [0.05, 0.1) is 6.07 Å². The molecule has 1 aliphatic rings. The van der Waals surface area contributed by atoms with E-state index in [1.54, 1.807) is 11.8 Å². The van der Waals surface area contributed by atoms with E-state index in [0.29, 0.717) is 5.92 Å². The summed E-state index contributed by atoms with van der Waals surface area (Å²) in [5.41, 5.74) is 0.551. The molecule has 21 heavy (non-hydrogen) atoms. The second-order valence-corrected chi connectivity index (χ2v) is 6.53. The van der Waals surface area contributed by atoms with E-state index < -0.39 is 0 Å². The average molecular weight is 301 g/mol. The van der Waals surface area contributed by atoms with Crippen molar-refractivity contribution in [1.82, 2.24) is 19.9 Å². The predicted octanol–water partition coefficient (Wildman–Crippen LogP) is 2.49. The van der Waals surface area contributed by atoms with Crippen molar-refractivity contribution in [3.8, 4) is 6.07 Å². The highest BCUT2D eigenvalue weighted by molar-refractivity contribution is 7.99. The van der Waals surface area contributed by atoms with Crippen LogP contribution in [0, 0.1) is 17.2 Å². The number of aromatic nitrogens is 3. The number of thioether (sulfide) groups is 1. The van der Waals surface area contributed by atoms with Gasteiger partial charge in [-0.3, -0.25) is 4.40 Å². The topological polar surface area (TPSA) is 66.0 Å². The van der Waals surface area contributed by atoms with Crippen molar-refractivity contribution >= 4 is 17.4 Å². The first-order valence-corrected chi connectivity index (χ1v) is 8.30. The van der Waals surface area contributed by atoms with E-state index in [0.717, 1.165) is 42.2 Å². The summed E-state index contributed by atoms with van der Waals surface area (Å²) >= 11 is 1.72. The molecule has 0 aliphatic heterocycles. The van der Waals surface area contributed by atoms with Crippen LogP contribution in [0.2, 0.25) is 0 Å². The minimum Gasteiger partial charge on any atom is -0.302 e. The molecule has 5 nitrogen and oxygen atoms in total. The molecular weight excluding hydrogens is 282 g/mol. The number of pyridine rings is 1. The Morgan fingerprint density at radius 3 is 3.24 bits per heavy atom. The Morgan fingerprint density at radius 1 is 1.52 bits per heavy atom. The fourth-order valence-corrected chi connectivity index (χ4v) is 4.19. The Morgan fingerprint density at radius 2 is 2.43 bits per heavy atom. The third-order valence-corrected chi connectivity index (χ3v) is 5.42. The van der Waals surface area contributed by atoms with Gasteiger partial charge in [0.25, 0.3) is 0 Å². The smallest absolute Gasteiger partial charge is 0.195 e. The van der Waals surface area contributed by atoms with Gasteiger partial charge in [0.2, 0.25) is 0 Å². The average Bonchev–Trinajstić information content (AvgIpc) is 3.12. The highest BCUT2D eigenvalue weighted by Gasteiger charge is 2.41. The summed E-state index contributed by atoms with van der Waals surface area (Å²) in [4.78, 5) is 0. The molecule has 1 N–H and O–H groups in total. The van der Waals surface area contributed by atoms with Crippen LogP contribution in [0.3, 0.4) is 0 Å². The number of nitriles is 1. The normalized spacial score (nSPS) is 25.2. The number of nitrogens with one attached hydrogen (secondary N) is 1. The molecular formula is C15H19N5S. The molecule has 0 spiro atoms. The lowest BCUT2D eigenvalue weighted by Gasteiger charge is -2.27.